The topological polar surface area (TPSA) is 63.6 Å². The number of aliphatic hydroxyl groups excluding tert-OH is 1. The van der Waals surface area contributed by atoms with E-state index in [1.165, 1.54) is 45.3 Å². The zero-order valence-electron chi connectivity index (χ0n) is 15.3. The predicted molar refractivity (Wildman–Crippen MR) is 99.1 cm³/mol. The first-order valence-corrected chi connectivity index (χ1v) is 9.29. The highest BCUT2D eigenvalue weighted by Crippen LogP contribution is 2.32. The molecule has 0 amide bonds. The Morgan fingerprint density at radius 3 is 2.16 bits per heavy atom. The number of allylic oxidation sites excluding steroid dienone is 1. The minimum absolute atomic E-state index is 0.0681. The zero-order valence-corrected chi connectivity index (χ0v) is 15.3. The van der Waals surface area contributed by atoms with Gasteiger partial charge in [-0.3, -0.25) is 9.59 Å². The van der Waals surface area contributed by atoms with E-state index in [4.69, 9.17) is 4.74 Å². The Balaban J connectivity index is 1.97. The van der Waals surface area contributed by atoms with Crippen LogP contribution in [-0.2, 0) is 4.79 Å². The van der Waals surface area contributed by atoms with Crippen LogP contribution in [0.25, 0.3) is 5.76 Å². The van der Waals surface area contributed by atoms with Gasteiger partial charge >= 0.3 is 0 Å². The van der Waals surface area contributed by atoms with E-state index >= 15 is 0 Å². The van der Waals surface area contributed by atoms with Crippen LogP contribution in [0, 0.1) is 0 Å². The number of hydrogen-bond acceptors (Lipinski definition) is 4. The molecule has 1 aromatic carbocycles. The number of carbonyl (C=O) groups excluding carboxylic acids is 2. The van der Waals surface area contributed by atoms with E-state index in [0.29, 0.717) is 17.7 Å². The number of benzene rings is 1. The van der Waals surface area contributed by atoms with Gasteiger partial charge < -0.3 is 9.84 Å². The quantitative estimate of drug-likeness (QED) is 0.464. The van der Waals surface area contributed by atoms with Crippen molar-refractivity contribution in [2.75, 3.05) is 7.11 Å². The molecule has 2 rings (SSSR count). The Morgan fingerprint density at radius 1 is 0.880 bits per heavy atom. The zero-order chi connectivity index (χ0) is 18.2. The third kappa shape index (κ3) is 4.71. The summed E-state index contributed by atoms with van der Waals surface area (Å²) in [6.45, 7) is 2.20. The van der Waals surface area contributed by atoms with Crippen LogP contribution >= 0.6 is 0 Å². The van der Waals surface area contributed by atoms with Crippen LogP contribution in [0.5, 0.6) is 5.75 Å². The van der Waals surface area contributed by atoms with Gasteiger partial charge in [-0.2, -0.15) is 0 Å². The molecule has 0 bridgehead atoms. The van der Waals surface area contributed by atoms with Crippen LogP contribution in [0.3, 0.4) is 0 Å². The summed E-state index contributed by atoms with van der Waals surface area (Å²) in [7, 11) is 1.53. The second-order valence-corrected chi connectivity index (χ2v) is 6.62. The van der Waals surface area contributed by atoms with Gasteiger partial charge in [0.1, 0.15) is 11.5 Å². The Kier molecular flexibility index (Phi) is 7.23. The molecule has 1 aliphatic rings. The summed E-state index contributed by atoms with van der Waals surface area (Å²) >= 11 is 0. The minimum Gasteiger partial charge on any atom is -0.507 e. The summed E-state index contributed by atoms with van der Waals surface area (Å²) < 4.78 is 5.15. The second-order valence-electron chi connectivity index (χ2n) is 6.62. The fourth-order valence-electron chi connectivity index (χ4n) is 3.24. The SMILES string of the molecule is CCCCCCCCCCC1=C(O)c2cc(OC)ccc2C(=O)C1=O. The van der Waals surface area contributed by atoms with Gasteiger partial charge in [0, 0.05) is 16.7 Å². The third-order valence-corrected chi connectivity index (χ3v) is 4.77. The fraction of sp³-hybridized carbons (Fsp3) is 0.524. The van der Waals surface area contributed by atoms with Gasteiger partial charge in [-0.05, 0) is 31.0 Å². The van der Waals surface area contributed by atoms with E-state index in [2.05, 4.69) is 6.92 Å². The first-order chi connectivity index (χ1) is 12.1. The number of Topliss-reactive ketones (excluding diaryl/α,β-unsaturated/α-hetero) is 2. The van der Waals surface area contributed by atoms with Crippen LogP contribution in [0.1, 0.15) is 80.6 Å². The molecule has 0 aliphatic heterocycles. The van der Waals surface area contributed by atoms with Gasteiger partial charge in [0.15, 0.2) is 0 Å². The van der Waals surface area contributed by atoms with E-state index in [1.54, 1.807) is 12.1 Å². The summed E-state index contributed by atoms with van der Waals surface area (Å²) in [5.74, 6) is -0.622. The molecule has 1 N–H and O–H groups in total. The standard InChI is InChI=1S/C21H28O4/c1-3-4-5-6-7-8-9-10-11-17-19(22)18-14-15(25-2)12-13-16(18)20(23)21(17)24/h12-14,22H,3-11H2,1-2H3. The highest BCUT2D eigenvalue weighted by atomic mass is 16.5. The van der Waals surface area contributed by atoms with E-state index in [9.17, 15) is 14.7 Å². The van der Waals surface area contributed by atoms with Gasteiger partial charge in [0.25, 0.3) is 0 Å². The lowest BCUT2D eigenvalue weighted by Gasteiger charge is -2.18. The number of unbranched alkanes of at least 4 members (excludes halogenated alkanes) is 7. The summed E-state index contributed by atoms with van der Waals surface area (Å²) in [4.78, 5) is 24.6. The molecule has 0 atom stereocenters. The van der Waals surface area contributed by atoms with Crippen LogP contribution < -0.4 is 4.74 Å². The molecule has 4 nitrogen and oxygen atoms in total. The van der Waals surface area contributed by atoms with Crippen molar-refractivity contribution in [2.45, 2.75) is 64.7 Å². The number of ketones is 2. The molecule has 0 spiro atoms. The molecular weight excluding hydrogens is 316 g/mol. The predicted octanol–water partition coefficient (Wildman–Crippen LogP) is 5.26. The smallest absolute Gasteiger partial charge is 0.234 e. The van der Waals surface area contributed by atoms with Gasteiger partial charge in [0.2, 0.25) is 11.6 Å². The number of hydrogen-bond donors (Lipinski definition) is 1. The molecule has 0 aromatic heterocycles. The van der Waals surface area contributed by atoms with E-state index < -0.39 is 11.6 Å². The van der Waals surface area contributed by atoms with Crippen molar-refractivity contribution < 1.29 is 19.4 Å². The van der Waals surface area contributed by atoms with Crippen molar-refractivity contribution in [1.82, 2.24) is 0 Å². The number of methoxy groups -OCH3 is 1. The lowest BCUT2D eigenvalue weighted by Crippen LogP contribution is -2.24. The summed E-state index contributed by atoms with van der Waals surface area (Å²) in [5, 5.41) is 10.5. The molecule has 25 heavy (non-hydrogen) atoms. The number of ether oxygens (including phenoxy) is 1. The van der Waals surface area contributed by atoms with Crippen LogP contribution in [0.15, 0.2) is 23.8 Å². The molecule has 1 aliphatic carbocycles. The summed E-state index contributed by atoms with van der Waals surface area (Å²) in [5.41, 5.74) is 0.901. The molecule has 0 heterocycles. The molecule has 0 unspecified atom stereocenters. The fourth-order valence-corrected chi connectivity index (χ4v) is 3.24. The summed E-state index contributed by atoms with van der Waals surface area (Å²) in [6.07, 6.45) is 9.68. The maximum Gasteiger partial charge on any atom is 0.234 e. The second kappa shape index (κ2) is 9.40. The molecule has 0 saturated heterocycles. The molecule has 0 saturated carbocycles. The monoisotopic (exact) mass is 344 g/mol. The van der Waals surface area contributed by atoms with Crippen LogP contribution in [0.2, 0.25) is 0 Å². The Labute approximate surface area is 149 Å². The van der Waals surface area contributed by atoms with Crippen LogP contribution in [0.4, 0.5) is 0 Å². The molecule has 0 radical (unpaired) electrons. The number of carbonyl (C=O) groups is 2. The average Bonchev–Trinajstić information content (AvgIpc) is 2.64. The molecular formula is C21H28O4. The number of aliphatic hydroxyl groups is 1. The van der Waals surface area contributed by atoms with Gasteiger partial charge in [-0.15, -0.1) is 0 Å². The first-order valence-electron chi connectivity index (χ1n) is 9.29. The Bertz CT molecular complexity index is 658. The van der Waals surface area contributed by atoms with Crippen molar-refractivity contribution in [1.29, 1.82) is 0 Å². The first kappa shape index (κ1) is 19.2. The average molecular weight is 344 g/mol. The van der Waals surface area contributed by atoms with Gasteiger partial charge in [-0.25, -0.2) is 0 Å². The van der Waals surface area contributed by atoms with Gasteiger partial charge in [-0.1, -0.05) is 51.9 Å². The Morgan fingerprint density at radius 2 is 1.52 bits per heavy atom. The largest absolute Gasteiger partial charge is 0.507 e. The minimum atomic E-state index is -0.571. The normalized spacial score (nSPS) is 14.0. The van der Waals surface area contributed by atoms with E-state index in [1.807, 2.05) is 0 Å². The van der Waals surface area contributed by atoms with E-state index in [0.717, 1.165) is 19.3 Å². The highest BCUT2D eigenvalue weighted by molar-refractivity contribution is 6.52. The Hall–Kier alpha value is -2.10. The number of rotatable bonds is 10. The molecule has 136 valence electrons. The molecule has 0 fully saturated rings. The highest BCUT2D eigenvalue weighted by Gasteiger charge is 2.32. The van der Waals surface area contributed by atoms with E-state index in [-0.39, 0.29) is 16.9 Å². The van der Waals surface area contributed by atoms with Crippen molar-refractivity contribution in [3.8, 4) is 5.75 Å². The lowest BCUT2D eigenvalue weighted by molar-refractivity contribution is -0.112. The van der Waals surface area contributed by atoms with Crippen molar-refractivity contribution in [3.05, 3.63) is 34.9 Å². The van der Waals surface area contributed by atoms with Crippen molar-refractivity contribution >= 4 is 17.3 Å². The number of fused-ring (bicyclic) bond motifs is 1. The van der Waals surface area contributed by atoms with Crippen LogP contribution in [-0.4, -0.2) is 23.8 Å². The maximum absolute atomic E-state index is 12.3. The third-order valence-electron chi connectivity index (χ3n) is 4.77. The lowest BCUT2D eigenvalue weighted by atomic mass is 9.86. The maximum atomic E-state index is 12.3. The van der Waals surface area contributed by atoms with Crippen molar-refractivity contribution in [3.63, 3.8) is 0 Å². The molecule has 4 heteroatoms. The molecule has 1 aromatic rings. The summed E-state index contributed by atoms with van der Waals surface area (Å²) in [6, 6.07) is 4.78. The van der Waals surface area contributed by atoms with Crippen molar-refractivity contribution in [2.24, 2.45) is 0 Å². The van der Waals surface area contributed by atoms with Gasteiger partial charge in [0.05, 0.1) is 7.11 Å².